The molecule has 29 heavy (non-hydrogen) atoms. The first-order valence-corrected chi connectivity index (χ1v) is 10.4. The van der Waals surface area contributed by atoms with Gasteiger partial charge in [0, 0.05) is 11.4 Å². The van der Waals surface area contributed by atoms with Crippen LogP contribution in [0.1, 0.15) is 23.8 Å². The minimum atomic E-state index is -1.02. The highest BCUT2D eigenvalue weighted by Crippen LogP contribution is 2.24. The van der Waals surface area contributed by atoms with Crippen LogP contribution in [-0.2, 0) is 22.4 Å². The van der Waals surface area contributed by atoms with Crippen LogP contribution < -0.4 is 15.4 Å². The Bertz CT molecular complexity index is 867. The first kappa shape index (κ1) is 20.9. The number of hydrogen-bond acceptors (Lipinski definition) is 5. The molecule has 154 valence electrons. The zero-order valence-electron chi connectivity index (χ0n) is 16.6. The van der Waals surface area contributed by atoms with E-state index < -0.39 is 11.6 Å². The van der Waals surface area contributed by atoms with Crippen LogP contribution in [0.5, 0.6) is 5.75 Å². The fourth-order valence-electron chi connectivity index (χ4n) is 3.23. The van der Waals surface area contributed by atoms with Gasteiger partial charge >= 0.3 is 6.03 Å². The van der Waals surface area contributed by atoms with Crippen molar-refractivity contribution in [1.29, 1.82) is 0 Å². The van der Waals surface area contributed by atoms with Gasteiger partial charge in [-0.1, -0.05) is 18.2 Å². The van der Waals surface area contributed by atoms with Crippen molar-refractivity contribution in [2.45, 2.75) is 31.7 Å². The topological polar surface area (TPSA) is 87.7 Å². The number of nitrogens with one attached hydrogen (secondary N) is 2. The number of methoxy groups -OCH3 is 1. The third-order valence-corrected chi connectivity index (χ3v) is 5.93. The highest BCUT2D eigenvalue weighted by molar-refractivity contribution is 7.09. The van der Waals surface area contributed by atoms with Crippen molar-refractivity contribution in [3.8, 4) is 5.75 Å². The lowest BCUT2D eigenvalue weighted by atomic mass is 9.93. The van der Waals surface area contributed by atoms with Gasteiger partial charge in [-0.2, -0.15) is 0 Å². The molecular weight excluding hydrogens is 390 g/mol. The zero-order valence-corrected chi connectivity index (χ0v) is 17.4. The average Bonchev–Trinajstić information content (AvgIpc) is 3.30. The predicted molar refractivity (Wildman–Crippen MR) is 111 cm³/mol. The van der Waals surface area contributed by atoms with E-state index in [0.29, 0.717) is 19.4 Å². The molecule has 1 aliphatic rings. The molecule has 2 heterocycles. The number of hydrogen-bond donors (Lipinski definition) is 2. The van der Waals surface area contributed by atoms with Crippen molar-refractivity contribution in [2.24, 2.45) is 0 Å². The smallest absolute Gasteiger partial charge is 0.325 e. The summed E-state index contributed by atoms with van der Waals surface area (Å²) in [6.07, 6.45) is 1.79. The summed E-state index contributed by atoms with van der Waals surface area (Å²) in [6, 6.07) is 11.0. The minimum absolute atomic E-state index is 0.271. The molecular formula is C21H25N3O4S. The number of carbonyl (C=O) groups is 3. The van der Waals surface area contributed by atoms with Crippen LogP contribution in [-0.4, -0.2) is 48.5 Å². The SMILES string of the molecule is COc1ccc(CC[C@]2(C)NC(=O)N(CC(=O)NCCc3cccs3)C2=O)cc1. The van der Waals surface area contributed by atoms with Gasteiger partial charge in [0.15, 0.2) is 0 Å². The number of thiophene rings is 1. The number of imide groups is 1. The van der Waals surface area contributed by atoms with Crippen LogP contribution in [0.4, 0.5) is 4.79 Å². The Kier molecular flexibility index (Phi) is 6.53. The third kappa shape index (κ3) is 5.14. The number of urea groups is 1. The highest BCUT2D eigenvalue weighted by atomic mass is 32.1. The molecule has 7 nitrogen and oxygen atoms in total. The molecule has 4 amide bonds. The monoisotopic (exact) mass is 415 g/mol. The Balaban J connectivity index is 1.51. The van der Waals surface area contributed by atoms with Crippen molar-refractivity contribution in [3.05, 3.63) is 52.2 Å². The average molecular weight is 416 g/mol. The molecule has 1 saturated heterocycles. The Labute approximate surface area is 174 Å². The second-order valence-electron chi connectivity index (χ2n) is 7.18. The van der Waals surface area contributed by atoms with E-state index in [1.807, 2.05) is 41.8 Å². The van der Waals surface area contributed by atoms with Crippen LogP contribution >= 0.6 is 11.3 Å². The lowest BCUT2D eigenvalue weighted by Crippen LogP contribution is -2.45. The van der Waals surface area contributed by atoms with Gasteiger partial charge in [-0.05, 0) is 55.3 Å². The van der Waals surface area contributed by atoms with E-state index in [9.17, 15) is 14.4 Å². The molecule has 0 saturated carbocycles. The lowest BCUT2D eigenvalue weighted by molar-refractivity contribution is -0.134. The summed E-state index contributed by atoms with van der Waals surface area (Å²) in [7, 11) is 1.61. The molecule has 0 bridgehead atoms. The van der Waals surface area contributed by atoms with Crippen LogP contribution in [0.2, 0.25) is 0 Å². The lowest BCUT2D eigenvalue weighted by Gasteiger charge is -2.21. The summed E-state index contributed by atoms with van der Waals surface area (Å²) in [6.45, 7) is 1.90. The Morgan fingerprint density at radius 2 is 1.97 bits per heavy atom. The summed E-state index contributed by atoms with van der Waals surface area (Å²) in [4.78, 5) is 39.4. The molecule has 8 heteroatoms. The molecule has 1 aliphatic heterocycles. The predicted octanol–water partition coefficient (Wildman–Crippen LogP) is 2.36. The van der Waals surface area contributed by atoms with Gasteiger partial charge in [-0.15, -0.1) is 11.3 Å². The van der Waals surface area contributed by atoms with Gasteiger partial charge in [-0.3, -0.25) is 14.5 Å². The molecule has 3 rings (SSSR count). The maximum Gasteiger partial charge on any atom is 0.325 e. The number of carbonyl (C=O) groups excluding carboxylic acids is 3. The Hall–Kier alpha value is -2.87. The zero-order chi connectivity index (χ0) is 20.9. The van der Waals surface area contributed by atoms with Gasteiger partial charge in [0.25, 0.3) is 5.91 Å². The maximum atomic E-state index is 12.8. The summed E-state index contributed by atoms with van der Waals surface area (Å²) in [5.41, 5.74) is 0.0210. The fourth-order valence-corrected chi connectivity index (χ4v) is 3.94. The van der Waals surface area contributed by atoms with Crippen molar-refractivity contribution in [1.82, 2.24) is 15.5 Å². The quantitative estimate of drug-likeness (QED) is 0.616. The van der Waals surface area contributed by atoms with Crippen molar-refractivity contribution >= 4 is 29.2 Å². The number of rotatable bonds is 9. The number of amides is 4. The first-order chi connectivity index (χ1) is 13.9. The molecule has 1 fully saturated rings. The largest absolute Gasteiger partial charge is 0.497 e. The van der Waals surface area contributed by atoms with Crippen LogP contribution in [0.3, 0.4) is 0 Å². The van der Waals surface area contributed by atoms with E-state index in [-0.39, 0.29) is 18.4 Å². The van der Waals surface area contributed by atoms with Gasteiger partial charge in [0.05, 0.1) is 7.11 Å². The molecule has 0 spiro atoms. The molecule has 0 unspecified atom stereocenters. The molecule has 1 atom stereocenters. The van der Waals surface area contributed by atoms with Crippen LogP contribution in [0, 0.1) is 0 Å². The fraction of sp³-hybridized carbons (Fsp3) is 0.381. The van der Waals surface area contributed by atoms with Gasteiger partial charge in [-0.25, -0.2) is 4.79 Å². The van der Waals surface area contributed by atoms with Crippen molar-refractivity contribution in [3.63, 3.8) is 0 Å². The van der Waals surface area contributed by atoms with E-state index >= 15 is 0 Å². The van der Waals surface area contributed by atoms with Crippen molar-refractivity contribution in [2.75, 3.05) is 20.2 Å². The Morgan fingerprint density at radius 1 is 1.21 bits per heavy atom. The Morgan fingerprint density at radius 3 is 2.62 bits per heavy atom. The molecule has 1 aromatic carbocycles. The second-order valence-corrected chi connectivity index (χ2v) is 8.21. The molecule has 2 aromatic rings. The third-order valence-electron chi connectivity index (χ3n) is 4.99. The molecule has 1 aromatic heterocycles. The van der Waals surface area contributed by atoms with E-state index in [1.165, 1.54) is 4.88 Å². The van der Waals surface area contributed by atoms with Gasteiger partial charge in [0.1, 0.15) is 17.8 Å². The molecule has 0 aliphatic carbocycles. The summed E-state index contributed by atoms with van der Waals surface area (Å²) in [5, 5.41) is 7.49. The first-order valence-electron chi connectivity index (χ1n) is 9.47. The number of benzene rings is 1. The molecule has 0 radical (unpaired) electrons. The van der Waals surface area contributed by atoms with E-state index in [2.05, 4.69) is 10.6 Å². The van der Waals surface area contributed by atoms with Gasteiger partial charge < -0.3 is 15.4 Å². The van der Waals surface area contributed by atoms with E-state index in [1.54, 1.807) is 25.4 Å². The van der Waals surface area contributed by atoms with E-state index in [0.717, 1.165) is 22.6 Å². The van der Waals surface area contributed by atoms with Crippen LogP contribution in [0.15, 0.2) is 41.8 Å². The standard InChI is InChI=1S/C21H25N3O4S/c1-21(11-9-15-5-7-16(28-2)8-6-15)19(26)24(20(27)23-21)14-18(25)22-12-10-17-4-3-13-29-17/h3-8,13H,9-12,14H2,1-2H3,(H,22,25)(H,23,27)/t21-/m0/s1. The minimum Gasteiger partial charge on any atom is -0.497 e. The van der Waals surface area contributed by atoms with Gasteiger partial charge in [0.2, 0.25) is 5.91 Å². The van der Waals surface area contributed by atoms with E-state index in [4.69, 9.17) is 4.74 Å². The highest BCUT2D eigenvalue weighted by Gasteiger charge is 2.47. The molecule has 2 N–H and O–H groups in total. The number of ether oxygens (including phenoxy) is 1. The second kappa shape index (κ2) is 9.09. The number of nitrogens with zero attached hydrogens (tertiary/aromatic N) is 1. The normalized spacial score (nSPS) is 18.6. The summed E-state index contributed by atoms with van der Waals surface area (Å²) < 4.78 is 5.14. The van der Waals surface area contributed by atoms with Crippen LogP contribution in [0.25, 0.3) is 0 Å². The number of aryl methyl sites for hydroxylation is 1. The summed E-state index contributed by atoms with van der Waals surface area (Å²) in [5.74, 6) is 0.0513. The van der Waals surface area contributed by atoms with Crippen molar-refractivity contribution < 1.29 is 19.1 Å². The summed E-state index contributed by atoms with van der Waals surface area (Å²) >= 11 is 1.63. The maximum absolute atomic E-state index is 12.8.